The molecular weight excluding hydrogens is 992 g/mol. The molecule has 22 fully saturated rings. The molecule has 32 heteroatoms. The van der Waals surface area contributed by atoms with E-state index in [1.807, 2.05) is 0 Å². The average Bonchev–Trinajstić information content (AvgIpc) is 3.37. The van der Waals surface area contributed by atoms with Crippen LogP contribution in [0, 0.1) is 0 Å². The minimum absolute atomic E-state index is 0.110. The van der Waals surface area contributed by atoms with E-state index < -0.39 is 236 Å². The van der Waals surface area contributed by atoms with Gasteiger partial charge in [-0.2, -0.15) is 0 Å². The second-order valence-corrected chi connectivity index (χ2v) is 17.9. The number of hydrogen-bond acceptors (Lipinski definition) is 32. The summed E-state index contributed by atoms with van der Waals surface area (Å²) < 4.78 is 79.5. The minimum Gasteiger partial charge on any atom is -0.464 e. The van der Waals surface area contributed by atoms with Gasteiger partial charge >= 0.3 is 5.97 Å². The topological polar surface area (TPSA) is 490 Å². The van der Waals surface area contributed by atoms with Crippen LogP contribution in [0.5, 0.6) is 0 Å². The van der Waals surface area contributed by atoms with E-state index in [1.54, 1.807) is 0 Å². The summed E-state index contributed by atoms with van der Waals surface area (Å²) in [6.45, 7) is -5.65. The van der Waals surface area contributed by atoms with Crippen LogP contribution < -0.4 is 0 Å². The van der Waals surface area contributed by atoms with E-state index in [0.717, 1.165) is 0 Å². The lowest BCUT2D eigenvalue weighted by atomic mass is 9.94. The maximum atomic E-state index is 12.5. The van der Waals surface area contributed by atoms with E-state index in [-0.39, 0.29) is 6.61 Å². The number of esters is 1. The van der Waals surface area contributed by atoms with Crippen molar-refractivity contribution in [3.05, 3.63) is 0 Å². The van der Waals surface area contributed by atoms with Gasteiger partial charge in [0.25, 0.3) is 0 Å². The van der Waals surface area contributed by atoms with E-state index in [9.17, 15) is 91.6 Å². The number of hydrogen-bond donors (Lipinski definition) is 17. The minimum atomic E-state index is -2.19. The van der Waals surface area contributed by atoms with Crippen molar-refractivity contribution >= 4 is 5.97 Å². The van der Waals surface area contributed by atoms with Gasteiger partial charge in [-0.15, -0.1) is 0 Å². The third kappa shape index (κ3) is 11.7. The second-order valence-electron chi connectivity index (χ2n) is 17.9. The van der Waals surface area contributed by atoms with Crippen molar-refractivity contribution in [2.45, 2.75) is 191 Å². The molecule has 72 heavy (non-hydrogen) atoms. The second kappa shape index (κ2) is 25.2. The predicted octanol–water partition coefficient (Wildman–Crippen LogP) is -12.5. The molecular formula is C40H66O32. The Morgan fingerprint density at radius 3 is 0.792 bits per heavy atom. The zero-order valence-electron chi connectivity index (χ0n) is 38.2. The molecule has 0 aromatic rings. The highest BCUT2D eigenvalue weighted by Gasteiger charge is 2.59. The maximum absolute atomic E-state index is 12.5. The fourth-order valence-electron chi connectivity index (χ4n) is 9.47. The molecule has 32 nitrogen and oxygen atoms in total. The molecule has 0 amide bonds. The number of rotatable bonds is 10. The van der Waals surface area contributed by atoms with Gasteiger partial charge in [0, 0.05) is 0 Å². The molecule has 22 aliphatic rings. The van der Waals surface area contributed by atoms with Crippen LogP contribution in [0.4, 0.5) is 0 Å². The Morgan fingerprint density at radius 2 is 0.556 bits per heavy atom. The zero-order chi connectivity index (χ0) is 52.5. The molecule has 0 saturated carbocycles. The summed E-state index contributed by atoms with van der Waals surface area (Å²) in [7, 11) is 0. The fraction of sp³-hybridized carbons (Fsp3) is 0.975. The summed E-state index contributed by atoms with van der Waals surface area (Å²) in [5, 5.41) is 187. The molecule has 22 saturated heterocycles. The molecule has 0 spiro atoms. The Balaban J connectivity index is 1.22. The van der Waals surface area contributed by atoms with Gasteiger partial charge in [0.2, 0.25) is 0 Å². The van der Waals surface area contributed by atoms with Gasteiger partial charge in [0.05, 0.1) is 46.2 Å². The van der Waals surface area contributed by atoms with Gasteiger partial charge in [-0.3, -0.25) is 0 Å². The van der Waals surface area contributed by atoms with Crippen molar-refractivity contribution in [3.8, 4) is 0 Å². The van der Waals surface area contributed by atoms with Crippen molar-refractivity contribution in [3.63, 3.8) is 0 Å². The van der Waals surface area contributed by atoms with Crippen LogP contribution in [0.2, 0.25) is 0 Å². The maximum Gasteiger partial charge on any atom is 0.332 e. The van der Waals surface area contributed by atoms with Crippen molar-refractivity contribution < 1.29 is 158 Å². The lowest BCUT2D eigenvalue weighted by molar-refractivity contribution is -0.404. The van der Waals surface area contributed by atoms with Crippen LogP contribution in [-0.4, -0.2) is 330 Å². The monoisotopic (exact) mass is 1060 g/mol. The van der Waals surface area contributed by atoms with E-state index in [2.05, 4.69) is 0 Å². The van der Waals surface area contributed by atoms with Crippen molar-refractivity contribution in [1.29, 1.82) is 0 Å². The van der Waals surface area contributed by atoms with Crippen LogP contribution in [0.3, 0.4) is 0 Å². The van der Waals surface area contributed by atoms with Gasteiger partial charge in [-0.1, -0.05) is 0 Å². The Kier molecular flexibility index (Phi) is 20.3. The molecule has 22 rings (SSSR count). The average molecular weight is 1060 g/mol. The van der Waals surface area contributed by atoms with E-state index in [1.165, 1.54) is 6.92 Å². The Morgan fingerprint density at radius 1 is 0.333 bits per heavy atom. The highest BCUT2D eigenvalue weighted by Crippen LogP contribution is 2.38. The van der Waals surface area contributed by atoms with E-state index >= 15 is 0 Å². The van der Waals surface area contributed by atoms with Gasteiger partial charge in [-0.25, -0.2) is 4.79 Å². The van der Waals surface area contributed by atoms with Crippen molar-refractivity contribution in [2.75, 3.05) is 52.9 Å². The number of aliphatic hydroxyl groups excluding tert-OH is 17. The third-order valence-electron chi connectivity index (χ3n) is 13.3. The highest BCUT2D eigenvalue weighted by atomic mass is 16.8. The van der Waals surface area contributed by atoms with Crippen LogP contribution in [0.15, 0.2) is 0 Å². The van der Waals surface area contributed by atoms with E-state index in [4.69, 9.17) is 66.3 Å². The first-order chi connectivity index (χ1) is 34.4. The highest BCUT2D eigenvalue weighted by molar-refractivity contribution is 5.70. The molecule has 418 valence electrons. The molecule has 22 heterocycles. The standard InChI is InChI=1S/C40H66O32/c1-2-59-16(47)9-60-34-27(58)40-66-15(8-46)33(34)72-39-26(57)21(52)31(13(6-44)65-39)70-37-24(55)19(50)29(11(4-42)63-37)68-35-22(53)17(48)28(10(3-41)61-35)67-36-23(54)18(49)30(12(5-43)62-36)69-38-25(56)20(51)32(71-40)14(7-45)64-38/h10-15,17-46,48-58H,2-9H2,1H3/t10-,11-,12-,13-,14-,15-,17-,18-,19-,20-,21-,22-,23-,24-,25-,26-,27-,28-,29-,30-,31-,32-,33+,34-,35-,36-,37-,38-,39-,40-/m1/s1. The SMILES string of the molecule is CCOC(=O)CO[C@@H]1[C@@H](O)[C@H]2O[C@H]3[C@H](O)[C@@H](O)[C@@H](O[C@H]4[C@H](O)[C@@H](O)[C@@H](O[C@H]5[C@H](O)[C@@H](O)[C@@H](O[C@H]6[C@H](O)[C@@H](O)[C@@H](O[C@H]7[C@H](O)[C@@H](O)[C@@H](O[C@H]1[C@@H](CO)O2)O[C@@H]7CO)O[C@@H]6CO)O[C@@H]5CO)O[C@@H]4CO)O[C@@H]3CO. The molecule has 0 aromatic heterocycles. The molecule has 12 bridgehead atoms. The van der Waals surface area contributed by atoms with Crippen LogP contribution in [0.25, 0.3) is 0 Å². The number of carbonyl (C=O) groups excluding carboxylic acids is 1. The van der Waals surface area contributed by atoms with Gasteiger partial charge in [-0.05, 0) is 6.92 Å². The quantitative estimate of drug-likeness (QED) is 0.0903. The Labute approximate surface area is 407 Å². The normalized spacial score (nSPS) is 51.6. The number of carbonyl (C=O) groups is 1. The summed E-state index contributed by atoms with van der Waals surface area (Å²) in [5.41, 5.74) is 0. The third-order valence-corrected chi connectivity index (χ3v) is 13.3. The molecule has 0 unspecified atom stereocenters. The van der Waals surface area contributed by atoms with Crippen molar-refractivity contribution in [1.82, 2.24) is 0 Å². The summed E-state index contributed by atoms with van der Waals surface area (Å²) in [6.07, 6.45) is -58.9. The van der Waals surface area contributed by atoms with Gasteiger partial charge in [0.1, 0.15) is 153 Å². The zero-order valence-corrected chi connectivity index (χ0v) is 38.2. The molecule has 17 N–H and O–H groups in total. The Hall–Kier alpha value is -1.73. The lowest BCUT2D eigenvalue weighted by Crippen LogP contribution is -2.69. The fourth-order valence-corrected chi connectivity index (χ4v) is 9.47. The largest absolute Gasteiger partial charge is 0.464 e. The van der Waals surface area contributed by atoms with Gasteiger partial charge < -0.3 is 153 Å². The number of ether oxygens (including phenoxy) is 14. The molecule has 22 aliphatic heterocycles. The Bertz CT molecular complexity index is 1680. The summed E-state index contributed by atoms with van der Waals surface area (Å²) in [4.78, 5) is 12.5. The summed E-state index contributed by atoms with van der Waals surface area (Å²) >= 11 is 0. The smallest absolute Gasteiger partial charge is 0.332 e. The first-order valence-electron chi connectivity index (χ1n) is 23.1. The molecule has 0 aliphatic carbocycles. The lowest BCUT2D eigenvalue weighted by Gasteiger charge is -2.51. The predicted molar refractivity (Wildman–Crippen MR) is 216 cm³/mol. The first kappa shape index (κ1) is 58.0. The van der Waals surface area contributed by atoms with Crippen LogP contribution >= 0.6 is 0 Å². The molecule has 30 atom stereocenters. The van der Waals surface area contributed by atoms with Crippen LogP contribution in [-0.2, 0) is 71.1 Å². The van der Waals surface area contributed by atoms with Crippen LogP contribution in [0.1, 0.15) is 6.92 Å². The summed E-state index contributed by atoms with van der Waals surface area (Å²) in [5.74, 6) is -0.968. The van der Waals surface area contributed by atoms with Crippen molar-refractivity contribution in [2.24, 2.45) is 0 Å². The first-order valence-corrected chi connectivity index (χ1v) is 23.1. The van der Waals surface area contributed by atoms with Gasteiger partial charge in [0.15, 0.2) is 37.7 Å². The number of aliphatic hydroxyl groups is 17. The summed E-state index contributed by atoms with van der Waals surface area (Å²) in [6, 6.07) is 0. The molecule has 0 aromatic carbocycles. The van der Waals surface area contributed by atoms with E-state index in [0.29, 0.717) is 0 Å². The molecule has 0 radical (unpaired) electrons.